The molecule has 0 amide bonds. The summed E-state index contributed by atoms with van der Waals surface area (Å²) >= 11 is 0. The minimum atomic E-state index is -0.179. The molecular weight excluding hydrogens is 298 g/mol. The Labute approximate surface area is 148 Å². The van der Waals surface area contributed by atoms with Crippen LogP contribution in [0.2, 0.25) is 0 Å². The third-order valence-corrected chi connectivity index (χ3v) is 8.29. The Morgan fingerprint density at radius 3 is 2.58 bits per heavy atom. The molecule has 140 valence electrons. The van der Waals surface area contributed by atoms with Gasteiger partial charge in [-0.25, -0.2) is 0 Å². The van der Waals surface area contributed by atoms with Crippen molar-refractivity contribution < 1.29 is 10.2 Å². The molecule has 0 spiro atoms. The van der Waals surface area contributed by atoms with Gasteiger partial charge in [-0.1, -0.05) is 20.8 Å². The lowest BCUT2D eigenvalue weighted by molar-refractivity contribution is -0.143. The summed E-state index contributed by atoms with van der Waals surface area (Å²) in [5, 5.41) is 21.1. The number of rotatable bonds is 4. The van der Waals surface area contributed by atoms with Crippen molar-refractivity contribution in [2.45, 2.75) is 90.8 Å². The number of fused-ring (bicyclic) bond motifs is 3. The summed E-state index contributed by atoms with van der Waals surface area (Å²) in [7, 11) is 0. The van der Waals surface area contributed by atoms with Crippen molar-refractivity contribution in [1.82, 2.24) is 0 Å². The molecule has 3 aliphatic carbocycles. The highest BCUT2D eigenvalue weighted by Crippen LogP contribution is 2.62. The van der Waals surface area contributed by atoms with Crippen LogP contribution >= 0.6 is 0 Å². The summed E-state index contributed by atoms with van der Waals surface area (Å²) in [6.45, 7) is 7.83. The maximum Gasteiger partial charge on any atom is 0.0596 e. The Morgan fingerprint density at radius 1 is 1.12 bits per heavy atom. The quantitative estimate of drug-likeness (QED) is 0.732. The molecular formula is C21H39NO2. The summed E-state index contributed by atoms with van der Waals surface area (Å²) in [5.41, 5.74) is 6.14. The molecule has 3 rings (SSSR count). The summed E-state index contributed by atoms with van der Waals surface area (Å²) in [6, 6.07) is 0. The summed E-state index contributed by atoms with van der Waals surface area (Å²) in [6.07, 6.45) is 9.71. The van der Waals surface area contributed by atoms with E-state index < -0.39 is 0 Å². The predicted molar refractivity (Wildman–Crippen MR) is 98.5 cm³/mol. The fraction of sp³-hybridized carbons (Fsp3) is 1.00. The lowest BCUT2D eigenvalue weighted by Gasteiger charge is -2.60. The van der Waals surface area contributed by atoms with Crippen molar-refractivity contribution in [3.8, 4) is 0 Å². The van der Waals surface area contributed by atoms with Gasteiger partial charge in [0.15, 0.2) is 0 Å². The SMILES string of the molecule is C[C@H](CCN)C[C@]1(C)CC2CCC3C[C@H](O)CC[C@]3(C)C2C[C@@H]1O. The van der Waals surface area contributed by atoms with E-state index in [0.29, 0.717) is 23.2 Å². The highest BCUT2D eigenvalue weighted by molar-refractivity contribution is 5.05. The zero-order chi connectivity index (χ0) is 17.5. The summed E-state index contributed by atoms with van der Waals surface area (Å²) < 4.78 is 0. The van der Waals surface area contributed by atoms with Gasteiger partial charge in [0.1, 0.15) is 0 Å². The van der Waals surface area contributed by atoms with Crippen LogP contribution in [-0.2, 0) is 0 Å². The molecule has 24 heavy (non-hydrogen) atoms. The molecule has 0 aromatic rings. The standard InChI is InChI=1S/C21H39NO2/c1-14(7-9-22)12-20(2)13-15-4-5-16-10-17(23)6-8-21(16,3)18(15)11-19(20)24/h14-19,23-24H,4-13,22H2,1-3H3/t14-,15?,16?,17-,18?,19+,20-,21+/m1/s1. The molecule has 0 saturated heterocycles. The normalized spacial score (nSPS) is 50.0. The molecule has 3 unspecified atom stereocenters. The van der Waals surface area contributed by atoms with E-state index in [9.17, 15) is 10.2 Å². The minimum Gasteiger partial charge on any atom is -0.393 e. The molecule has 0 radical (unpaired) electrons. The molecule has 0 aromatic carbocycles. The van der Waals surface area contributed by atoms with E-state index in [0.717, 1.165) is 51.0 Å². The molecule has 3 saturated carbocycles. The second-order valence-corrected chi connectivity index (χ2v) is 10.1. The maximum absolute atomic E-state index is 11.1. The van der Waals surface area contributed by atoms with Crippen LogP contribution in [0, 0.1) is 34.5 Å². The highest BCUT2D eigenvalue weighted by atomic mass is 16.3. The fourth-order valence-electron chi connectivity index (χ4n) is 6.86. The Bertz CT molecular complexity index is 442. The third kappa shape index (κ3) is 3.29. The minimum absolute atomic E-state index is 0.0626. The molecule has 0 aromatic heterocycles. The molecule has 3 heteroatoms. The monoisotopic (exact) mass is 337 g/mol. The molecule has 0 bridgehead atoms. The smallest absolute Gasteiger partial charge is 0.0596 e. The van der Waals surface area contributed by atoms with Crippen molar-refractivity contribution in [3.05, 3.63) is 0 Å². The first-order chi connectivity index (χ1) is 11.3. The van der Waals surface area contributed by atoms with Crippen LogP contribution in [0.1, 0.15) is 78.6 Å². The molecule has 0 heterocycles. The lowest BCUT2D eigenvalue weighted by atomic mass is 9.46. The van der Waals surface area contributed by atoms with Gasteiger partial charge in [-0.3, -0.25) is 0 Å². The molecule has 0 aliphatic heterocycles. The number of aliphatic hydroxyl groups excluding tert-OH is 2. The van der Waals surface area contributed by atoms with E-state index in [1.54, 1.807) is 0 Å². The van der Waals surface area contributed by atoms with Crippen LogP contribution in [0.4, 0.5) is 0 Å². The van der Waals surface area contributed by atoms with Crippen molar-refractivity contribution in [3.63, 3.8) is 0 Å². The van der Waals surface area contributed by atoms with Gasteiger partial charge in [0.25, 0.3) is 0 Å². The third-order valence-electron chi connectivity index (χ3n) is 8.29. The van der Waals surface area contributed by atoms with Crippen molar-refractivity contribution in [1.29, 1.82) is 0 Å². The molecule has 4 N–H and O–H groups in total. The lowest BCUT2D eigenvalue weighted by Crippen LogP contribution is -2.54. The number of hydrogen-bond donors (Lipinski definition) is 3. The van der Waals surface area contributed by atoms with Crippen molar-refractivity contribution in [2.75, 3.05) is 6.54 Å². The van der Waals surface area contributed by atoms with E-state index in [2.05, 4.69) is 20.8 Å². The zero-order valence-electron chi connectivity index (χ0n) is 16.0. The Morgan fingerprint density at radius 2 is 1.88 bits per heavy atom. The molecule has 3 aliphatic rings. The first-order valence-corrected chi connectivity index (χ1v) is 10.3. The van der Waals surface area contributed by atoms with Gasteiger partial charge >= 0.3 is 0 Å². The van der Waals surface area contributed by atoms with Gasteiger partial charge in [-0.15, -0.1) is 0 Å². The van der Waals surface area contributed by atoms with Crippen molar-refractivity contribution >= 4 is 0 Å². The van der Waals surface area contributed by atoms with Crippen LogP contribution in [0.15, 0.2) is 0 Å². The van der Waals surface area contributed by atoms with Crippen LogP contribution in [0.3, 0.4) is 0 Å². The van der Waals surface area contributed by atoms with E-state index in [1.165, 1.54) is 19.3 Å². The predicted octanol–water partition coefficient (Wildman–Crippen LogP) is 3.72. The summed E-state index contributed by atoms with van der Waals surface area (Å²) in [4.78, 5) is 0. The average molecular weight is 338 g/mol. The van der Waals surface area contributed by atoms with Crippen LogP contribution in [0.25, 0.3) is 0 Å². The van der Waals surface area contributed by atoms with E-state index in [4.69, 9.17) is 5.73 Å². The zero-order valence-corrected chi connectivity index (χ0v) is 16.0. The molecule has 8 atom stereocenters. The Balaban J connectivity index is 1.73. The van der Waals surface area contributed by atoms with E-state index in [1.807, 2.05) is 0 Å². The van der Waals surface area contributed by atoms with Crippen molar-refractivity contribution in [2.24, 2.45) is 40.2 Å². The van der Waals surface area contributed by atoms with E-state index >= 15 is 0 Å². The van der Waals surface area contributed by atoms with Crippen LogP contribution < -0.4 is 5.73 Å². The molecule has 3 fully saturated rings. The van der Waals surface area contributed by atoms with Crippen LogP contribution in [-0.4, -0.2) is 29.0 Å². The first-order valence-electron chi connectivity index (χ1n) is 10.3. The number of nitrogens with two attached hydrogens (primary N) is 1. The second-order valence-electron chi connectivity index (χ2n) is 10.1. The second kappa shape index (κ2) is 6.89. The number of hydrogen-bond acceptors (Lipinski definition) is 3. The highest BCUT2D eigenvalue weighted by Gasteiger charge is 2.55. The largest absolute Gasteiger partial charge is 0.393 e. The average Bonchev–Trinajstić information content (AvgIpc) is 2.50. The van der Waals surface area contributed by atoms with Gasteiger partial charge in [0, 0.05) is 0 Å². The van der Waals surface area contributed by atoms with Gasteiger partial charge in [0.2, 0.25) is 0 Å². The van der Waals surface area contributed by atoms with Gasteiger partial charge in [-0.05, 0) is 98.8 Å². The van der Waals surface area contributed by atoms with Gasteiger partial charge < -0.3 is 15.9 Å². The first kappa shape index (κ1) is 18.7. The van der Waals surface area contributed by atoms with Crippen LogP contribution in [0.5, 0.6) is 0 Å². The van der Waals surface area contributed by atoms with Gasteiger partial charge in [0.05, 0.1) is 12.2 Å². The topological polar surface area (TPSA) is 66.5 Å². The number of aliphatic hydroxyl groups is 2. The van der Waals surface area contributed by atoms with E-state index in [-0.39, 0.29) is 17.6 Å². The molecule has 3 nitrogen and oxygen atoms in total. The maximum atomic E-state index is 11.1. The fourth-order valence-corrected chi connectivity index (χ4v) is 6.86. The summed E-state index contributed by atoms with van der Waals surface area (Å²) in [5.74, 6) is 2.68. The Kier molecular flexibility index (Phi) is 5.36. The Hall–Kier alpha value is -0.120. The van der Waals surface area contributed by atoms with Gasteiger partial charge in [-0.2, -0.15) is 0 Å².